The lowest BCUT2D eigenvalue weighted by molar-refractivity contribution is -0.137. The molecule has 0 aliphatic rings. The number of ether oxygens (including phenoxy) is 1. The van der Waals surface area contributed by atoms with Crippen molar-refractivity contribution in [1.82, 2.24) is 29.5 Å². The Kier molecular flexibility index (Phi) is 7.03. The summed E-state index contributed by atoms with van der Waals surface area (Å²) in [5.41, 5.74) is 2.16. The van der Waals surface area contributed by atoms with Crippen molar-refractivity contribution < 1.29 is 17.9 Å². The summed E-state index contributed by atoms with van der Waals surface area (Å²) in [7, 11) is 1.63. The van der Waals surface area contributed by atoms with Gasteiger partial charge < -0.3 is 19.9 Å². The van der Waals surface area contributed by atoms with E-state index in [0.29, 0.717) is 34.9 Å². The van der Waals surface area contributed by atoms with Gasteiger partial charge in [-0.05, 0) is 47.9 Å². The highest BCUT2D eigenvalue weighted by atomic mass is 19.4. The molecule has 0 radical (unpaired) electrons. The van der Waals surface area contributed by atoms with Crippen LogP contribution in [0.15, 0.2) is 73.4 Å². The molecule has 0 saturated heterocycles. The Bertz CT molecular complexity index is 1500. The fourth-order valence-corrected chi connectivity index (χ4v) is 3.83. The molecule has 194 valence electrons. The van der Waals surface area contributed by atoms with E-state index in [4.69, 9.17) is 4.74 Å². The molecule has 12 heteroatoms. The molecule has 5 rings (SSSR count). The Morgan fingerprint density at radius 1 is 0.921 bits per heavy atom. The smallest absolute Gasteiger partial charge is 0.416 e. The van der Waals surface area contributed by atoms with Gasteiger partial charge in [0.2, 0.25) is 5.95 Å². The first-order valence-electron chi connectivity index (χ1n) is 11.7. The van der Waals surface area contributed by atoms with Crippen LogP contribution in [0, 0.1) is 0 Å². The second-order valence-corrected chi connectivity index (χ2v) is 8.38. The van der Waals surface area contributed by atoms with E-state index < -0.39 is 11.7 Å². The molecular weight excluding hydrogens is 497 g/mol. The normalized spacial score (nSPS) is 11.5. The number of nitrogens with zero attached hydrogens (tertiary/aromatic N) is 6. The van der Waals surface area contributed by atoms with E-state index in [0.717, 1.165) is 29.9 Å². The fourth-order valence-electron chi connectivity index (χ4n) is 3.83. The number of hydrogen-bond donors (Lipinski definition) is 2. The molecule has 3 heterocycles. The number of methoxy groups -OCH3 is 1. The molecule has 0 fully saturated rings. The van der Waals surface area contributed by atoms with Crippen LogP contribution in [0.1, 0.15) is 16.7 Å². The van der Waals surface area contributed by atoms with Gasteiger partial charge in [-0.25, -0.2) is 15.0 Å². The highest BCUT2D eigenvalue weighted by Crippen LogP contribution is 2.29. The van der Waals surface area contributed by atoms with E-state index in [1.54, 1.807) is 30.3 Å². The lowest BCUT2D eigenvalue weighted by Gasteiger charge is -2.11. The number of halogens is 3. The topological polar surface area (TPSA) is 103 Å². The summed E-state index contributed by atoms with van der Waals surface area (Å²) in [5, 5.41) is 6.41. The SMILES string of the molecule is COc1ccc(CCNc2nc(Nc3ccncn3)nc3c2ncn3Cc2ccc(C(F)(F)F)cc2)cc1. The Morgan fingerprint density at radius 2 is 1.68 bits per heavy atom. The molecule has 9 nitrogen and oxygen atoms in total. The average molecular weight is 521 g/mol. The van der Waals surface area contributed by atoms with Gasteiger partial charge in [0.25, 0.3) is 0 Å². The molecule has 0 unspecified atom stereocenters. The third kappa shape index (κ3) is 5.80. The first-order chi connectivity index (χ1) is 18.4. The van der Waals surface area contributed by atoms with E-state index in [9.17, 15) is 13.2 Å². The zero-order valence-corrected chi connectivity index (χ0v) is 20.3. The molecule has 0 bridgehead atoms. The number of alkyl halides is 3. The maximum Gasteiger partial charge on any atom is 0.416 e. The van der Waals surface area contributed by atoms with Crippen molar-refractivity contribution in [2.45, 2.75) is 19.1 Å². The van der Waals surface area contributed by atoms with Gasteiger partial charge in [0, 0.05) is 12.7 Å². The molecule has 0 spiro atoms. The number of imidazole rings is 1. The molecule has 0 saturated carbocycles. The van der Waals surface area contributed by atoms with Crippen molar-refractivity contribution in [3.05, 3.63) is 90.1 Å². The van der Waals surface area contributed by atoms with Gasteiger partial charge in [-0.15, -0.1) is 0 Å². The first-order valence-corrected chi connectivity index (χ1v) is 11.7. The number of hydrogen-bond acceptors (Lipinski definition) is 8. The van der Waals surface area contributed by atoms with E-state index >= 15 is 0 Å². The van der Waals surface area contributed by atoms with E-state index in [-0.39, 0.29) is 12.5 Å². The van der Waals surface area contributed by atoms with Crippen LogP contribution in [-0.2, 0) is 19.1 Å². The predicted octanol–water partition coefficient (Wildman–Crippen LogP) is 5.09. The quantitative estimate of drug-likeness (QED) is 0.277. The number of benzene rings is 2. The van der Waals surface area contributed by atoms with Gasteiger partial charge in [-0.2, -0.15) is 23.1 Å². The number of fused-ring (bicyclic) bond motifs is 1. The average Bonchev–Trinajstić information content (AvgIpc) is 3.32. The van der Waals surface area contributed by atoms with Gasteiger partial charge in [0.1, 0.15) is 17.9 Å². The summed E-state index contributed by atoms with van der Waals surface area (Å²) in [4.78, 5) is 21.8. The summed E-state index contributed by atoms with van der Waals surface area (Å²) >= 11 is 0. The molecule has 5 aromatic rings. The Balaban J connectivity index is 1.41. The highest BCUT2D eigenvalue weighted by Gasteiger charge is 2.30. The number of nitrogens with one attached hydrogen (secondary N) is 2. The minimum Gasteiger partial charge on any atom is -0.497 e. The molecule has 0 aliphatic heterocycles. The zero-order chi connectivity index (χ0) is 26.5. The van der Waals surface area contributed by atoms with Crippen LogP contribution in [0.5, 0.6) is 5.75 Å². The van der Waals surface area contributed by atoms with Crippen LogP contribution in [0.3, 0.4) is 0 Å². The minimum absolute atomic E-state index is 0.282. The largest absolute Gasteiger partial charge is 0.497 e. The van der Waals surface area contributed by atoms with Gasteiger partial charge in [0.05, 0.1) is 25.5 Å². The fraction of sp³-hybridized carbons (Fsp3) is 0.192. The lowest BCUT2D eigenvalue weighted by atomic mass is 10.1. The summed E-state index contributed by atoms with van der Waals surface area (Å²) in [6.07, 6.45) is 0.943. The molecule has 2 aromatic carbocycles. The maximum absolute atomic E-state index is 13.0. The second-order valence-electron chi connectivity index (χ2n) is 8.38. The molecule has 3 aromatic heterocycles. The van der Waals surface area contributed by atoms with Crippen LogP contribution < -0.4 is 15.4 Å². The van der Waals surface area contributed by atoms with Crippen molar-refractivity contribution >= 4 is 28.7 Å². The van der Waals surface area contributed by atoms with Crippen LogP contribution in [-0.4, -0.2) is 43.1 Å². The number of anilines is 3. The summed E-state index contributed by atoms with van der Waals surface area (Å²) in [5.74, 6) is 2.11. The van der Waals surface area contributed by atoms with Crippen molar-refractivity contribution in [2.24, 2.45) is 0 Å². The van der Waals surface area contributed by atoms with Crippen molar-refractivity contribution in [3.8, 4) is 5.75 Å². The predicted molar refractivity (Wildman–Crippen MR) is 136 cm³/mol. The minimum atomic E-state index is -4.39. The summed E-state index contributed by atoms with van der Waals surface area (Å²) in [6.45, 7) is 0.862. The van der Waals surface area contributed by atoms with Crippen molar-refractivity contribution in [2.75, 3.05) is 24.3 Å². The van der Waals surface area contributed by atoms with Gasteiger partial charge in [0.15, 0.2) is 17.0 Å². The maximum atomic E-state index is 13.0. The monoisotopic (exact) mass is 520 g/mol. The summed E-state index contributed by atoms with van der Waals surface area (Å²) in [6, 6.07) is 14.5. The van der Waals surface area contributed by atoms with Gasteiger partial charge in [-0.1, -0.05) is 24.3 Å². The highest BCUT2D eigenvalue weighted by molar-refractivity contribution is 5.84. The molecule has 0 amide bonds. The molecular formula is C26H23F3N8O. The van der Waals surface area contributed by atoms with E-state index in [1.165, 1.54) is 18.5 Å². The second kappa shape index (κ2) is 10.7. The molecule has 38 heavy (non-hydrogen) atoms. The summed E-state index contributed by atoms with van der Waals surface area (Å²) < 4.78 is 45.8. The third-order valence-electron chi connectivity index (χ3n) is 5.79. The lowest BCUT2D eigenvalue weighted by Crippen LogP contribution is -2.10. The standard InChI is InChI=1S/C26H23F3N8O/c1-38-20-8-4-17(5-9-20)10-13-31-23-22-24(36-25(35-23)34-21-11-12-30-15-32-21)37(16-33-22)14-18-2-6-19(7-3-18)26(27,28)29/h2-9,11-12,15-16H,10,13-14H2,1H3,(H2,30,31,32,34,35,36). The Hall–Kier alpha value is -4.74. The van der Waals surface area contributed by atoms with E-state index in [2.05, 4.69) is 35.6 Å². The van der Waals surface area contributed by atoms with Crippen LogP contribution in [0.4, 0.5) is 30.8 Å². The molecule has 2 N–H and O–H groups in total. The van der Waals surface area contributed by atoms with Crippen molar-refractivity contribution in [3.63, 3.8) is 0 Å². The third-order valence-corrected chi connectivity index (χ3v) is 5.79. The van der Waals surface area contributed by atoms with Crippen LogP contribution >= 0.6 is 0 Å². The number of rotatable bonds is 9. The van der Waals surface area contributed by atoms with Gasteiger partial charge >= 0.3 is 6.18 Å². The Morgan fingerprint density at radius 3 is 2.37 bits per heavy atom. The zero-order valence-electron chi connectivity index (χ0n) is 20.3. The number of aromatic nitrogens is 6. The van der Waals surface area contributed by atoms with Crippen molar-refractivity contribution in [1.29, 1.82) is 0 Å². The first kappa shape index (κ1) is 24.9. The van der Waals surface area contributed by atoms with Crippen LogP contribution in [0.25, 0.3) is 11.2 Å². The van der Waals surface area contributed by atoms with Gasteiger partial charge in [-0.3, -0.25) is 0 Å². The Labute approximate surface area is 215 Å². The molecule has 0 aliphatic carbocycles. The molecule has 0 atom stereocenters. The van der Waals surface area contributed by atoms with E-state index in [1.807, 2.05) is 24.3 Å². The van der Waals surface area contributed by atoms with Crippen LogP contribution in [0.2, 0.25) is 0 Å².